The van der Waals surface area contributed by atoms with Crippen LogP contribution in [0.2, 0.25) is 0 Å². The van der Waals surface area contributed by atoms with Crippen molar-refractivity contribution in [3.8, 4) is 11.1 Å². The van der Waals surface area contributed by atoms with Crippen LogP contribution >= 0.6 is 31.9 Å². The van der Waals surface area contributed by atoms with E-state index in [1.54, 1.807) is 0 Å². The van der Waals surface area contributed by atoms with Crippen LogP contribution in [0.4, 0.5) is 0 Å². The van der Waals surface area contributed by atoms with Gasteiger partial charge in [-0.2, -0.15) is 0 Å². The Morgan fingerprint density at radius 1 is 0.611 bits per heavy atom. The predicted molar refractivity (Wildman–Crippen MR) is 84.8 cm³/mol. The summed E-state index contributed by atoms with van der Waals surface area (Å²) in [6, 6.07) is 21.0. The van der Waals surface area contributed by atoms with Gasteiger partial charge in [0.25, 0.3) is 0 Å². The highest BCUT2D eigenvalue weighted by Crippen LogP contribution is 2.37. The average molecular weight is 362 g/mol. The predicted octanol–water partition coefficient (Wildman–Crippen LogP) is 6.03. The summed E-state index contributed by atoms with van der Waals surface area (Å²) in [6.07, 6.45) is 0. The third-order valence-electron chi connectivity index (χ3n) is 3.03. The van der Waals surface area contributed by atoms with E-state index in [2.05, 4.69) is 86.5 Å². The second-order valence-corrected chi connectivity index (χ2v) is 5.78. The molecule has 2 heteroatoms. The zero-order valence-electron chi connectivity index (χ0n) is 9.53. The fraction of sp³-hybridized carbons (Fsp3) is 0. The molecule has 0 nitrogen and oxygen atoms in total. The standard InChI is InChI=1S/C16H10Br2/c17-15-8-4-3-7-13(15)14-10-9-11-5-1-2-6-12(11)16(14)18/h1-10H. The van der Waals surface area contributed by atoms with E-state index in [-0.39, 0.29) is 0 Å². The summed E-state index contributed by atoms with van der Waals surface area (Å²) in [7, 11) is 0. The SMILES string of the molecule is Brc1ccccc1-c1ccc2ccccc2c1Br. The highest BCUT2D eigenvalue weighted by Gasteiger charge is 2.08. The second kappa shape index (κ2) is 4.87. The number of rotatable bonds is 1. The molecule has 0 heterocycles. The summed E-state index contributed by atoms with van der Waals surface area (Å²) < 4.78 is 2.26. The lowest BCUT2D eigenvalue weighted by molar-refractivity contribution is 1.58. The molecule has 0 amide bonds. The van der Waals surface area contributed by atoms with Crippen LogP contribution in [-0.4, -0.2) is 0 Å². The fourth-order valence-corrected chi connectivity index (χ4v) is 3.33. The lowest BCUT2D eigenvalue weighted by Gasteiger charge is -2.10. The van der Waals surface area contributed by atoms with E-state index in [4.69, 9.17) is 0 Å². The van der Waals surface area contributed by atoms with Gasteiger partial charge in [0, 0.05) is 8.95 Å². The van der Waals surface area contributed by atoms with Crippen molar-refractivity contribution < 1.29 is 0 Å². The summed E-state index contributed by atoms with van der Waals surface area (Å²) in [5, 5.41) is 2.49. The third kappa shape index (κ3) is 2.00. The van der Waals surface area contributed by atoms with E-state index in [0.717, 1.165) is 8.95 Å². The molecule has 0 atom stereocenters. The maximum absolute atomic E-state index is 3.73. The van der Waals surface area contributed by atoms with Gasteiger partial charge < -0.3 is 0 Å². The summed E-state index contributed by atoms with van der Waals surface area (Å²) >= 11 is 7.34. The van der Waals surface area contributed by atoms with Gasteiger partial charge in [0.2, 0.25) is 0 Å². The van der Waals surface area contributed by atoms with Gasteiger partial charge in [-0.1, -0.05) is 70.5 Å². The Hall–Kier alpha value is -1.12. The molecule has 88 valence electrons. The van der Waals surface area contributed by atoms with E-state index in [1.165, 1.54) is 21.9 Å². The van der Waals surface area contributed by atoms with Crippen LogP contribution in [0.25, 0.3) is 21.9 Å². The molecule has 0 radical (unpaired) electrons. The molecule has 18 heavy (non-hydrogen) atoms. The third-order valence-corrected chi connectivity index (χ3v) is 4.57. The van der Waals surface area contributed by atoms with Crippen LogP contribution in [-0.2, 0) is 0 Å². The van der Waals surface area contributed by atoms with E-state index in [9.17, 15) is 0 Å². The first-order valence-corrected chi connectivity index (χ1v) is 7.28. The first kappa shape index (κ1) is 11.9. The average Bonchev–Trinajstić information content (AvgIpc) is 2.41. The van der Waals surface area contributed by atoms with Gasteiger partial charge >= 0.3 is 0 Å². The van der Waals surface area contributed by atoms with E-state index in [1.807, 2.05) is 6.07 Å². The Morgan fingerprint density at radius 3 is 2.17 bits per heavy atom. The quantitative estimate of drug-likeness (QED) is 0.496. The van der Waals surface area contributed by atoms with Crippen molar-refractivity contribution in [2.45, 2.75) is 0 Å². The van der Waals surface area contributed by atoms with Crippen molar-refractivity contribution in [3.05, 3.63) is 69.6 Å². The maximum Gasteiger partial charge on any atom is 0.0332 e. The lowest BCUT2D eigenvalue weighted by Crippen LogP contribution is -1.83. The molecule has 0 N–H and O–H groups in total. The molecule has 0 bridgehead atoms. The summed E-state index contributed by atoms with van der Waals surface area (Å²) in [5.41, 5.74) is 2.41. The molecule has 0 spiro atoms. The fourth-order valence-electron chi connectivity index (χ4n) is 2.12. The summed E-state index contributed by atoms with van der Waals surface area (Å²) in [6.45, 7) is 0. The molecule has 3 aromatic carbocycles. The largest absolute Gasteiger partial charge is 0.0616 e. The Morgan fingerprint density at radius 2 is 1.33 bits per heavy atom. The maximum atomic E-state index is 3.73. The number of hydrogen-bond acceptors (Lipinski definition) is 0. The molecule has 3 rings (SSSR count). The molecule has 0 aliphatic rings. The molecule has 0 fully saturated rings. The van der Waals surface area contributed by atoms with Crippen molar-refractivity contribution in [2.75, 3.05) is 0 Å². The molecule has 0 unspecified atom stereocenters. The van der Waals surface area contributed by atoms with Crippen LogP contribution in [0, 0.1) is 0 Å². The van der Waals surface area contributed by atoms with Crippen molar-refractivity contribution in [1.29, 1.82) is 0 Å². The molecular weight excluding hydrogens is 352 g/mol. The molecule has 0 aliphatic carbocycles. The molecular formula is C16H10Br2. The van der Waals surface area contributed by atoms with E-state index < -0.39 is 0 Å². The van der Waals surface area contributed by atoms with Crippen molar-refractivity contribution in [2.24, 2.45) is 0 Å². The van der Waals surface area contributed by atoms with E-state index in [0.29, 0.717) is 0 Å². The van der Waals surface area contributed by atoms with Crippen molar-refractivity contribution in [1.82, 2.24) is 0 Å². The Kier molecular flexibility index (Phi) is 3.23. The van der Waals surface area contributed by atoms with Crippen LogP contribution < -0.4 is 0 Å². The van der Waals surface area contributed by atoms with E-state index >= 15 is 0 Å². The van der Waals surface area contributed by atoms with Crippen LogP contribution in [0.5, 0.6) is 0 Å². The lowest BCUT2D eigenvalue weighted by atomic mass is 10.0. The minimum atomic E-state index is 1.11. The van der Waals surface area contributed by atoms with Crippen LogP contribution in [0.15, 0.2) is 69.6 Å². The molecule has 0 aromatic heterocycles. The molecule has 0 saturated carbocycles. The smallest absolute Gasteiger partial charge is 0.0332 e. The van der Waals surface area contributed by atoms with Gasteiger partial charge in [-0.05, 0) is 43.9 Å². The highest BCUT2D eigenvalue weighted by atomic mass is 79.9. The molecule has 0 saturated heterocycles. The van der Waals surface area contributed by atoms with Crippen LogP contribution in [0.1, 0.15) is 0 Å². The second-order valence-electron chi connectivity index (χ2n) is 4.13. The number of benzene rings is 3. The minimum absolute atomic E-state index is 1.11. The number of fused-ring (bicyclic) bond motifs is 1. The molecule has 3 aromatic rings. The molecule has 0 aliphatic heterocycles. The minimum Gasteiger partial charge on any atom is -0.0616 e. The van der Waals surface area contributed by atoms with Gasteiger partial charge in [0.15, 0.2) is 0 Å². The van der Waals surface area contributed by atoms with Gasteiger partial charge in [-0.25, -0.2) is 0 Å². The normalized spacial score (nSPS) is 10.8. The number of hydrogen-bond donors (Lipinski definition) is 0. The Labute approximate surface area is 123 Å². The van der Waals surface area contributed by atoms with Crippen molar-refractivity contribution >= 4 is 42.6 Å². The monoisotopic (exact) mass is 360 g/mol. The van der Waals surface area contributed by atoms with Gasteiger partial charge in [0.1, 0.15) is 0 Å². The number of halogens is 2. The Bertz CT molecular complexity index is 717. The zero-order chi connectivity index (χ0) is 12.5. The first-order valence-electron chi connectivity index (χ1n) is 5.69. The van der Waals surface area contributed by atoms with Gasteiger partial charge in [0.05, 0.1) is 0 Å². The first-order chi connectivity index (χ1) is 8.77. The van der Waals surface area contributed by atoms with Gasteiger partial charge in [-0.3, -0.25) is 0 Å². The summed E-state index contributed by atoms with van der Waals surface area (Å²) in [4.78, 5) is 0. The van der Waals surface area contributed by atoms with Gasteiger partial charge in [-0.15, -0.1) is 0 Å². The van der Waals surface area contributed by atoms with Crippen molar-refractivity contribution in [3.63, 3.8) is 0 Å². The zero-order valence-corrected chi connectivity index (χ0v) is 12.7. The topological polar surface area (TPSA) is 0 Å². The highest BCUT2D eigenvalue weighted by molar-refractivity contribution is 9.11. The summed E-state index contributed by atoms with van der Waals surface area (Å²) in [5.74, 6) is 0. The van der Waals surface area contributed by atoms with Crippen LogP contribution in [0.3, 0.4) is 0 Å². The Balaban J connectivity index is 2.31.